The van der Waals surface area contributed by atoms with E-state index in [2.05, 4.69) is 136 Å². The lowest BCUT2D eigenvalue weighted by atomic mass is 9.70. The maximum absolute atomic E-state index is 3.78. The molecule has 0 amide bonds. The fourth-order valence-corrected chi connectivity index (χ4v) is 6.31. The van der Waals surface area contributed by atoms with Gasteiger partial charge < -0.3 is 0 Å². The summed E-state index contributed by atoms with van der Waals surface area (Å²) in [4.78, 5) is 0. The van der Waals surface area contributed by atoms with Crippen molar-refractivity contribution >= 4 is 5.57 Å². The van der Waals surface area contributed by atoms with E-state index >= 15 is 0 Å². The molecule has 0 heteroatoms. The number of aryl methyl sites for hydroxylation is 1. The van der Waals surface area contributed by atoms with Crippen LogP contribution in [0.1, 0.15) is 151 Å². The van der Waals surface area contributed by atoms with Crippen LogP contribution in [0.25, 0.3) is 5.57 Å². The van der Waals surface area contributed by atoms with E-state index in [1.807, 2.05) is 33.8 Å². The lowest BCUT2D eigenvalue weighted by Gasteiger charge is -2.35. The monoisotopic (exact) mass is 613 g/mol. The summed E-state index contributed by atoms with van der Waals surface area (Å²) in [6.45, 7) is 32.1. The Morgan fingerprint density at radius 1 is 0.867 bits per heavy atom. The Morgan fingerprint density at radius 2 is 1.40 bits per heavy atom. The molecule has 45 heavy (non-hydrogen) atoms. The third-order valence-corrected chi connectivity index (χ3v) is 9.35. The minimum absolute atomic E-state index is 0.163. The van der Waals surface area contributed by atoms with Gasteiger partial charge >= 0.3 is 0 Å². The van der Waals surface area contributed by atoms with Gasteiger partial charge in [-0.2, -0.15) is 0 Å². The van der Waals surface area contributed by atoms with E-state index < -0.39 is 0 Å². The molecular weight excluding hydrogens is 540 g/mol. The second-order valence-electron chi connectivity index (χ2n) is 13.0. The van der Waals surface area contributed by atoms with Crippen LogP contribution in [0.4, 0.5) is 0 Å². The molecule has 0 radical (unpaired) electrons. The first kappa shape index (κ1) is 42.4. The third-order valence-electron chi connectivity index (χ3n) is 9.35. The Balaban J connectivity index is 0.000000814. The highest BCUT2D eigenvalue weighted by molar-refractivity contribution is 5.70. The van der Waals surface area contributed by atoms with Gasteiger partial charge in [0.25, 0.3) is 0 Å². The van der Waals surface area contributed by atoms with E-state index in [0.717, 1.165) is 24.2 Å². The van der Waals surface area contributed by atoms with E-state index in [-0.39, 0.29) is 5.41 Å². The summed E-state index contributed by atoms with van der Waals surface area (Å²) in [5, 5.41) is 0. The van der Waals surface area contributed by atoms with Gasteiger partial charge in [-0.25, -0.2) is 0 Å². The van der Waals surface area contributed by atoms with Crippen molar-refractivity contribution in [3.8, 4) is 0 Å². The highest BCUT2D eigenvalue weighted by Gasteiger charge is 2.30. The van der Waals surface area contributed by atoms with Crippen LogP contribution in [0.2, 0.25) is 0 Å². The summed E-state index contributed by atoms with van der Waals surface area (Å²) in [6, 6.07) is 19.5. The van der Waals surface area contributed by atoms with E-state index in [1.54, 1.807) is 11.1 Å². The van der Waals surface area contributed by atoms with E-state index in [4.69, 9.17) is 0 Å². The van der Waals surface area contributed by atoms with Crippen molar-refractivity contribution in [3.63, 3.8) is 0 Å². The third kappa shape index (κ3) is 14.1. The van der Waals surface area contributed by atoms with Gasteiger partial charge in [-0.05, 0) is 110 Å². The molecule has 0 bridgehead atoms. The number of rotatable bonds is 7. The van der Waals surface area contributed by atoms with Gasteiger partial charge in [0, 0.05) is 5.41 Å². The zero-order valence-electron chi connectivity index (χ0n) is 32.0. The summed E-state index contributed by atoms with van der Waals surface area (Å²) in [7, 11) is 0. The molecule has 2 aliphatic carbocycles. The normalized spacial score (nSPS) is 21.5. The highest BCUT2D eigenvalue weighted by atomic mass is 14.3. The van der Waals surface area contributed by atoms with Crippen molar-refractivity contribution in [2.75, 3.05) is 0 Å². The SMILES string of the molecule is C=C/C(C)=C(\C)c1ccccc1C.CC.CC.CCC.CCC1=CCC(C)(c2ccccc2)C=C1CC(C)C1CCC(C)CC1. The maximum atomic E-state index is 3.78. The highest BCUT2D eigenvalue weighted by Crippen LogP contribution is 2.42. The first-order chi connectivity index (χ1) is 21.6. The van der Waals surface area contributed by atoms with E-state index in [1.165, 1.54) is 72.8 Å². The second kappa shape index (κ2) is 23.7. The Kier molecular flexibility index (Phi) is 22.3. The van der Waals surface area contributed by atoms with Gasteiger partial charge in [0.15, 0.2) is 0 Å². The summed E-state index contributed by atoms with van der Waals surface area (Å²) >= 11 is 0. The van der Waals surface area contributed by atoms with Crippen LogP contribution in [-0.4, -0.2) is 0 Å². The Bertz CT molecular complexity index is 1150. The maximum Gasteiger partial charge on any atom is 0.0144 e. The first-order valence-corrected chi connectivity index (χ1v) is 18.4. The van der Waals surface area contributed by atoms with Gasteiger partial charge in [-0.1, -0.05) is 168 Å². The van der Waals surface area contributed by atoms with Crippen molar-refractivity contribution in [1.82, 2.24) is 0 Å². The van der Waals surface area contributed by atoms with Crippen LogP contribution in [0.15, 0.2) is 96.1 Å². The van der Waals surface area contributed by atoms with Crippen LogP contribution in [0.5, 0.6) is 0 Å². The molecule has 2 unspecified atom stereocenters. The van der Waals surface area contributed by atoms with Gasteiger partial charge in [0.2, 0.25) is 0 Å². The Hall–Kier alpha value is -2.60. The molecule has 2 aromatic carbocycles. The number of benzene rings is 2. The van der Waals surface area contributed by atoms with Crippen molar-refractivity contribution < 1.29 is 0 Å². The molecule has 252 valence electrons. The molecule has 0 spiro atoms. The first-order valence-electron chi connectivity index (χ1n) is 18.4. The standard InChI is InChI=1S/C25H36.C13H16.C3H8.2C2H6/c1-5-21-15-16-25(4,24-9-7-6-8-10-24)18-23(21)17-20(3)22-13-11-19(2)12-14-22;1-5-10(2)12(4)13-9-7-6-8-11(13)3;1-3-2;2*1-2/h6-10,15,18-20,22H,5,11-14,16-17H2,1-4H3;5-9H,1H2,2-4H3;3H2,1-2H3;2*1-2H3/b;12-10+;;;. The Labute approximate surface area is 282 Å². The molecule has 2 atom stereocenters. The lowest BCUT2D eigenvalue weighted by molar-refractivity contribution is 0.222. The fraction of sp³-hybridized carbons (Fsp3) is 0.556. The number of hydrogen-bond donors (Lipinski definition) is 0. The minimum atomic E-state index is 0.163. The molecule has 0 aromatic heterocycles. The van der Waals surface area contributed by atoms with Gasteiger partial charge in [0.05, 0.1) is 0 Å². The smallest absolute Gasteiger partial charge is 0.0144 e. The summed E-state index contributed by atoms with van der Waals surface area (Å²) in [5.74, 6) is 2.69. The zero-order chi connectivity index (χ0) is 34.4. The average molecular weight is 613 g/mol. The predicted octanol–water partition coefficient (Wildman–Crippen LogP) is 14.9. The average Bonchev–Trinajstić information content (AvgIpc) is 3.07. The van der Waals surface area contributed by atoms with Crippen molar-refractivity contribution in [1.29, 1.82) is 0 Å². The van der Waals surface area contributed by atoms with Crippen LogP contribution >= 0.6 is 0 Å². The predicted molar refractivity (Wildman–Crippen MR) is 208 cm³/mol. The molecule has 1 saturated carbocycles. The summed E-state index contributed by atoms with van der Waals surface area (Å²) < 4.78 is 0. The fourth-order valence-electron chi connectivity index (χ4n) is 6.31. The molecule has 4 rings (SSSR count). The Morgan fingerprint density at radius 3 is 1.91 bits per heavy atom. The molecule has 2 aliphatic rings. The molecule has 0 heterocycles. The second-order valence-corrected chi connectivity index (χ2v) is 13.0. The van der Waals surface area contributed by atoms with Crippen molar-refractivity contribution in [2.45, 2.75) is 147 Å². The quantitative estimate of drug-likeness (QED) is 0.273. The van der Waals surface area contributed by atoms with E-state index in [0.29, 0.717) is 0 Å². The van der Waals surface area contributed by atoms with Gasteiger partial charge in [0.1, 0.15) is 0 Å². The summed E-state index contributed by atoms with van der Waals surface area (Å²) in [6.07, 6.45) is 17.6. The van der Waals surface area contributed by atoms with E-state index in [9.17, 15) is 0 Å². The molecular formula is C45H72. The molecule has 0 N–H and O–H groups in total. The summed E-state index contributed by atoms with van der Waals surface area (Å²) in [5.41, 5.74) is 10.0. The molecule has 0 nitrogen and oxygen atoms in total. The number of allylic oxidation sites excluding steroid dienone is 7. The van der Waals surface area contributed by atoms with Crippen LogP contribution < -0.4 is 0 Å². The minimum Gasteiger partial charge on any atom is -0.0988 e. The number of hydrogen-bond acceptors (Lipinski definition) is 0. The van der Waals surface area contributed by atoms with Crippen LogP contribution in [0, 0.1) is 24.7 Å². The topological polar surface area (TPSA) is 0 Å². The molecule has 2 aromatic rings. The van der Waals surface area contributed by atoms with Crippen LogP contribution in [-0.2, 0) is 5.41 Å². The molecule has 1 fully saturated rings. The van der Waals surface area contributed by atoms with Crippen molar-refractivity contribution in [2.24, 2.45) is 17.8 Å². The zero-order valence-corrected chi connectivity index (χ0v) is 32.0. The van der Waals surface area contributed by atoms with Gasteiger partial charge in [-0.3, -0.25) is 0 Å². The largest absolute Gasteiger partial charge is 0.0988 e. The molecule has 0 aliphatic heterocycles. The lowest BCUT2D eigenvalue weighted by Crippen LogP contribution is -2.24. The van der Waals surface area contributed by atoms with Crippen LogP contribution in [0.3, 0.4) is 0 Å². The molecule has 0 saturated heterocycles. The van der Waals surface area contributed by atoms with Crippen molar-refractivity contribution in [3.05, 3.63) is 113 Å². The van der Waals surface area contributed by atoms with Gasteiger partial charge in [-0.15, -0.1) is 0 Å².